The summed E-state index contributed by atoms with van der Waals surface area (Å²) in [6, 6.07) is 2.95. The molecule has 2 rings (SSSR count). The molecule has 92 valence electrons. The Balaban J connectivity index is 2.52. The first-order chi connectivity index (χ1) is 8.06. The maximum atomic E-state index is 11.8. The van der Waals surface area contributed by atoms with E-state index in [-0.39, 0.29) is 16.5 Å². The van der Waals surface area contributed by atoms with E-state index >= 15 is 0 Å². The number of rotatable bonds is 4. The van der Waals surface area contributed by atoms with Crippen molar-refractivity contribution in [3.8, 4) is 0 Å². The van der Waals surface area contributed by atoms with Crippen LogP contribution in [0.1, 0.15) is 13.3 Å². The standard InChI is InChI=1S/C9H9ClN2O3S2/c1-2-5-15-17(13,14)7-4-3-6-9(8(7)10)16-12-11-6/h3-4H,2,5H2,1H3. The van der Waals surface area contributed by atoms with Gasteiger partial charge in [-0.05, 0) is 30.1 Å². The van der Waals surface area contributed by atoms with Crippen LogP contribution in [-0.2, 0) is 14.3 Å². The summed E-state index contributed by atoms with van der Waals surface area (Å²) >= 11 is 7.07. The predicted octanol–water partition coefficient (Wildman–Crippen LogP) is 2.46. The molecule has 0 fully saturated rings. The molecule has 2 aromatic rings. The number of hydrogen-bond donors (Lipinski definition) is 0. The quantitative estimate of drug-likeness (QED) is 0.810. The Morgan fingerprint density at radius 3 is 2.94 bits per heavy atom. The zero-order chi connectivity index (χ0) is 12.5. The van der Waals surface area contributed by atoms with E-state index in [1.54, 1.807) is 6.07 Å². The Morgan fingerprint density at radius 1 is 1.47 bits per heavy atom. The van der Waals surface area contributed by atoms with Gasteiger partial charge < -0.3 is 0 Å². The zero-order valence-corrected chi connectivity index (χ0v) is 11.3. The number of halogens is 1. The molecule has 1 heterocycles. The zero-order valence-electron chi connectivity index (χ0n) is 8.88. The fourth-order valence-electron chi connectivity index (χ4n) is 1.25. The number of nitrogens with zero attached hydrogens (tertiary/aromatic N) is 2. The van der Waals surface area contributed by atoms with E-state index in [0.29, 0.717) is 16.6 Å². The molecular weight excluding hydrogens is 284 g/mol. The molecule has 8 heteroatoms. The third-order valence-corrected chi connectivity index (χ3v) is 4.77. The van der Waals surface area contributed by atoms with Crippen molar-refractivity contribution < 1.29 is 12.6 Å². The van der Waals surface area contributed by atoms with Gasteiger partial charge in [-0.15, -0.1) is 5.10 Å². The first kappa shape index (κ1) is 12.7. The monoisotopic (exact) mass is 292 g/mol. The Morgan fingerprint density at radius 2 is 2.24 bits per heavy atom. The number of fused-ring (bicyclic) bond motifs is 1. The van der Waals surface area contributed by atoms with Gasteiger partial charge in [-0.25, -0.2) is 0 Å². The molecule has 0 bridgehead atoms. The highest BCUT2D eigenvalue weighted by atomic mass is 35.5. The lowest BCUT2D eigenvalue weighted by molar-refractivity contribution is 0.318. The third-order valence-electron chi connectivity index (χ3n) is 2.03. The second-order valence-electron chi connectivity index (χ2n) is 3.27. The summed E-state index contributed by atoms with van der Waals surface area (Å²) in [4.78, 5) is -0.0360. The van der Waals surface area contributed by atoms with Crippen LogP contribution in [0.2, 0.25) is 5.02 Å². The lowest BCUT2D eigenvalue weighted by atomic mass is 10.3. The lowest BCUT2D eigenvalue weighted by Gasteiger charge is -2.06. The molecular formula is C9H9ClN2O3S2. The van der Waals surface area contributed by atoms with E-state index in [4.69, 9.17) is 15.8 Å². The maximum Gasteiger partial charge on any atom is 0.298 e. The summed E-state index contributed by atoms with van der Waals surface area (Å²) in [5, 5.41) is 3.93. The van der Waals surface area contributed by atoms with E-state index in [1.807, 2.05) is 6.92 Å². The molecule has 0 saturated carbocycles. The summed E-state index contributed by atoms with van der Waals surface area (Å²) in [5.41, 5.74) is 0.578. The highest BCUT2D eigenvalue weighted by molar-refractivity contribution is 7.87. The van der Waals surface area contributed by atoms with Gasteiger partial charge in [-0.1, -0.05) is 23.0 Å². The van der Waals surface area contributed by atoms with Gasteiger partial charge in [0.2, 0.25) is 0 Å². The van der Waals surface area contributed by atoms with E-state index in [2.05, 4.69) is 9.59 Å². The molecule has 5 nitrogen and oxygen atoms in total. The number of hydrogen-bond acceptors (Lipinski definition) is 6. The van der Waals surface area contributed by atoms with Gasteiger partial charge in [0.05, 0.1) is 16.3 Å². The molecule has 1 aromatic carbocycles. The molecule has 0 aliphatic carbocycles. The lowest BCUT2D eigenvalue weighted by Crippen LogP contribution is -2.07. The SMILES string of the molecule is CCCOS(=O)(=O)c1ccc2nnsc2c1Cl. The van der Waals surface area contributed by atoms with Crippen LogP contribution in [0.25, 0.3) is 10.2 Å². The van der Waals surface area contributed by atoms with Gasteiger partial charge in [0.25, 0.3) is 10.1 Å². The molecule has 17 heavy (non-hydrogen) atoms. The summed E-state index contributed by atoms with van der Waals surface area (Å²) in [5.74, 6) is 0. The predicted molar refractivity (Wildman–Crippen MR) is 65.9 cm³/mol. The maximum absolute atomic E-state index is 11.8. The first-order valence-electron chi connectivity index (χ1n) is 4.86. The van der Waals surface area contributed by atoms with Crippen LogP contribution in [0.5, 0.6) is 0 Å². The summed E-state index contributed by atoms with van der Waals surface area (Å²) < 4.78 is 32.8. The molecule has 0 N–H and O–H groups in total. The summed E-state index contributed by atoms with van der Waals surface area (Å²) in [6.45, 7) is 1.96. The van der Waals surface area contributed by atoms with Crippen molar-refractivity contribution in [2.45, 2.75) is 18.2 Å². The molecule has 0 aliphatic heterocycles. The first-order valence-corrected chi connectivity index (χ1v) is 7.42. The van der Waals surface area contributed by atoms with Crippen LogP contribution in [0.3, 0.4) is 0 Å². The fraction of sp³-hybridized carbons (Fsp3) is 0.333. The Kier molecular flexibility index (Phi) is 3.62. The van der Waals surface area contributed by atoms with Gasteiger partial charge in [0.1, 0.15) is 10.4 Å². The minimum atomic E-state index is -3.80. The Hall–Kier alpha value is -0.760. The molecule has 0 amide bonds. The van der Waals surface area contributed by atoms with Gasteiger partial charge in [0.15, 0.2) is 0 Å². The Bertz CT molecular complexity index is 639. The van der Waals surface area contributed by atoms with Gasteiger partial charge in [-0.2, -0.15) is 8.42 Å². The van der Waals surface area contributed by atoms with Crippen LogP contribution in [-0.4, -0.2) is 24.6 Å². The van der Waals surface area contributed by atoms with Gasteiger partial charge >= 0.3 is 0 Å². The summed E-state index contributed by atoms with van der Waals surface area (Å²) in [7, 11) is -3.80. The van der Waals surface area contributed by atoms with Crippen molar-refractivity contribution in [3.63, 3.8) is 0 Å². The van der Waals surface area contributed by atoms with Crippen LogP contribution in [0.4, 0.5) is 0 Å². The molecule has 0 spiro atoms. The molecule has 0 unspecified atom stereocenters. The van der Waals surface area contributed by atoms with E-state index < -0.39 is 10.1 Å². The van der Waals surface area contributed by atoms with Crippen molar-refractivity contribution in [3.05, 3.63) is 17.2 Å². The van der Waals surface area contributed by atoms with Gasteiger partial charge in [-0.3, -0.25) is 4.18 Å². The average Bonchev–Trinajstić information content (AvgIpc) is 2.75. The fourth-order valence-corrected chi connectivity index (χ4v) is 3.53. The van der Waals surface area contributed by atoms with Crippen LogP contribution in [0, 0.1) is 0 Å². The third kappa shape index (κ3) is 2.42. The molecule has 0 atom stereocenters. The average molecular weight is 293 g/mol. The highest BCUT2D eigenvalue weighted by Gasteiger charge is 2.21. The minimum absolute atomic E-state index is 0.0360. The van der Waals surface area contributed by atoms with Crippen molar-refractivity contribution in [1.29, 1.82) is 0 Å². The van der Waals surface area contributed by atoms with Crippen molar-refractivity contribution in [2.75, 3.05) is 6.61 Å². The van der Waals surface area contributed by atoms with E-state index in [1.165, 1.54) is 6.07 Å². The topological polar surface area (TPSA) is 69.2 Å². The number of aromatic nitrogens is 2. The van der Waals surface area contributed by atoms with Crippen LogP contribution < -0.4 is 0 Å². The van der Waals surface area contributed by atoms with Crippen LogP contribution >= 0.6 is 23.1 Å². The van der Waals surface area contributed by atoms with Crippen molar-refractivity contribution in [2.24, 2.45) is 0 Å². The van der Waals surface area contributed by atoms with E-state index in [0.717, 1.165) is 11.5 Å². The van der Waals surface area contributed by atoms with Crippen molar-refractivity contribution >= 4 is 43.5 Å². The van der Waals surface area contributed by atoms with Gasteiger partial charge in [0, 0.05) is 0 Å². The normalized spacial score (nSPS) is 12.1. The minimum Gasteiger partial charge on any atom is -0.266 e. The largest absolute Gasteiger partial charge is 0.298 e. The van der Waals surface area contributed by atoms with Crippen LogP contribution in [0.15, 0.2) is 17.0 Å². The second-order valence-corrected chi connectivity index (χ2v) is 5.99. The highest BCUT2D eigenvalue weighted by Crippen LogP contribution is 2.32. The molecule has 0 radical (unpaired) electrons. The molecule has 0 saturated heterocycles. The van der Waals surface area contributed by atoms with Crippen molar-refractivity contribution in [1.82, 2.24) is 9.59 Å². The Labute approximate surface area is 108 Å². The molecule has 1 aromatic heterocycles. The second kappa shape index (κ2) is 4.85. The summed E-state index contributed by atoms with van der Waals surface area (Å²) in [6.07, 6.45) is 0.612. The number of benzene rings is 1. The smallest absolute Gasteiger partial charge is 0.266 e. The van der Waals surface area contributed by atoms with E-state index in [9.17, 15) is 8.42 Å². The molecule has 0 aliphatic rings.